The van der Waals surface area contributed by atoms with Gasteiger partial charge < -0.3 is 29.2 Å². The monoisotopic (exact) mass is 567 g/mol. The maximum Gasteiger partial charge on any atom is 0.514 e. The number of nitrogens with two attached hydrogens (primary N) is 1. The number of nitrogens with zero attached hydrogens (tertiary/aromatic N) is 2. The third-order valence-corrected chi connectivity index (χ3v) is 6.16. The highest BCUT2D eigenvalue weighted by molar-refractivity contribution is 5.90. The molecular formula is C30H37N3O8. The Balaban J connectivity index is 0.000000868. The lowest BCUT2D eigenvalue weighted by Gasteiger charge is -2.23. The SMILES string of the molecule is CC.CCN.CCc1c2c(nc3ccc(OC(=O)OC(C)(C)C)cc13)-c1cc3c(c(=O)n1C2)COC(=O)C3OC=O. The van der Waals surface area contributed by atoms with Crippen LogP contribution in [0.25, 0.3) is 22.3 Å². The lowest BCUT2D eigenvalue weighted by molar-refractivity contribution is -0.165. The number of cyclic esters (lactones) is 1. The van der Waals surface area contributed by atoms with Gasteiger partial charge in [-0.15, -0.1) is 0 Å². The van der Waals surface area contributed by atoms with Crippen LogP contribution in [0.2, 0.25) is 0 Å². The molecule has 11 nitrogen and oxygen atoms in total. The standard InChI is InChI=1S/C26H24N2O8.C2H7N.C2H6/c1-5-14-15-8-13(35-25(32)36-26(2,3)4)6-7-19(15)27-21-17(14)10-28-20(21)9-16-18(23(28)30)11-33-24(31)22(16)34-12-29;1-2-3;1-2/h6-9,12,22H,5,10-11H2,1-4H3;2-3H2,1H3;1-2H3. The van der Waals surface area contributed by atoms with Crippen LogP contribution in [0, 0.1) is 0 Å². The van der Waals surface area contributed by atoms with Crippen LogP contribution in [-0.2, 0) is 43.4 Å². The van der Waals surface area contributed by atoms with Crippen molar-refractivity contribution in [3.05, 3.63) is 56.9 Å². The molecule has 0 saturated carbocycles. The van der Waals surface area contributed by atoms with Gasteiger partial charge in [-0.1, -0.05) is 27.7 Å². The van der Waals surface area contributed by atoms with Crippen molar-refractivity contribution in [2.24, 2.45) is 5.73 Å². The first-order chi connectivity index (χ1) is 19.5. The summed E-state index contributed by atoms with van der Waals surface area (Å²) in [4.78, 5) is 53.5. The molecule has 3 aromatic rings. The summed E-state index contributed by atoms with van der Waals surface area (Å²) in [7, 11) is 0. The molecule has 0 spiro atoms. The van der Waals surface area contributed by atoms with Gasteiger partial charge in [0.1, 0.15) is 18.0 Å². The Bertz CT molecular complexity index is 1520. The topological polar surface area (TPSA) is 149 Å². The summed E-state index contributed by atoms with van der Waals surface area (Å²) >= 11 is 0. The Hall–Kier alpha value is -4.25. The zero-order chi connectivity index (χ0) is 30.5. The highest BCUT2D eigenvalue weighted by atomic mass is 16.7. The number of pyridine rings is 2. The summed E-state index contributed by atoms with van der Waals surface area (Å²) in [5.74, 6) is -0.406. The highest BCUT2D eigenvalue weighted by Gasteiger charge is 2.36. The van der Waals surface area contributed by atoms with Crippen LogP contribution in [0.1, 0.15) is 76.8 Å². The van der Waals surface area contributed by atoms with E-state index in [9.17, 15) is 19.2 Å². The second kappa shape index (κ2) is 12.9. The van der Waals surface area contributed by atoms with Gasteiger partial charge >= 0.3 is 12.1 Å². The molecule has 0 amide bonds. The number of rotatable bonds is 4. The summed E-state index contributed by atoms with van der Waals surface area (Å²) in [6, 6.07) is 6.78. The molecule has 0 bridgehead atoms. The normalized spacial score (nSPS) is 14.6. The summed E-state index contributed by atoms with van der Waals surface area (Å²) < 4.78 is 22.2. The van der Waals surface area contributed by atoms with Gasteiger partial charge in [0.15, 0.2) is 0 Å². The van der Waals surface area contributed by atoms with Crippen molar-refractivity contribution in [3.8, 4) is 17.1 Å². The molecule has 220 valence electrons. The molecule has 0 aliphatic carbocycles. The van der Waals surface area contributed by atoms with Gasteiger partial charge in [0.05, 0.1) is 29.0 Å². The van der Waals surface area contributed by atoms with E-state index in [-0.39, 0.29) is 30.7 Å². The van der Waals surface area contributed by atoms with Crippen LogP contribution >= 0.6 is 0 Å². The molecule has 2 aliphatic rings. The van der Waals surface area contributed by atoms with Crippen molar-refractivity contribution in [2.45, 2.75) is 79.7 Å². The first-order valence-corrected chi connectivity index (χ1v) is 13.6. The van der Waals surface area contributed by atoms with Crippen LogP contribution < -0.4 is 16.0 Å². The zero-order valence-corrected chi connectivity index (χ0v) is 24.5. The average Bonchev–Trinajstić information content (AvgIpc) is 3.28. The first-order valence-electron chi connectivity index (χ1n) is 13.6. The van der Waals surface area contributed by atoms with Crippen molar-refractivity contribution >= 4 is 29.5 Å². The third-order valence-electron chi connectivity index (χ3n) is 6.16. The van der Waals surface area contributed by atoms with Crippen molar-refractivity contribution in [1.82, 2.24) is 9.55 Å². The van der Waals surface area contributed by atoms with Gasteiger partial charge in [0.2, 0.25) is 6.10 Å². The third kappa shape index (κ3) is 6.40. The van der Waals surface area contributed by atoms with Crippen molar-refractivity contribution in [2.75, 3.05) is 6.54 Å². The van der Waals surface area contributed by atoms with Gasteiger partial charge in [-0.3, -0.25) is 9.59 Å². The number of hydrogen-bond acceptors (Lipinski definition) is 10. The van der Waals surface area contributed by atoms with Crippen LogP contribution in [0.3, 0.4) is 0 Å². The number of ether oxygens (including phenoxy) is 4. The Morgan fingerprint density at radius 1 is 1.17 bits per heavy atom. The molecule has 5 rings (SSSR count). The molecule has 0 saturated heterocycles. The quantitative estimate of drug-likeness (QED) is 0.161. The molecule has 0 fully saturated rings. The maximum absolute atomic E-state index is 13.3. The van der Waals surface area contributed by atoms with E-state index in [2.05, 4.69) is 0 Å². The lowest BCUT2D eigenvalue weighted by Crippen LogP contribution is -2.33. The largest absolute Gasteiger partial charge is 0.514 e. The minimum atomic E-state index is -1.30. The lowest BCUT2D eigenvalue weighted by atomic mass is 9.97. The molecule has 2 aromatic heterocycles. The van der Waals surface area contributed by atoms with Crippen molar-refractivity contribution in [1.29, 1.82) is 0 Å². The molecule has 11 heteroatoms. The predicted octanol–water partition coefficient (Wildman–Crippen LogP) is 4.56. The van der Waals surface area contributed by atoms with Gasteiger partial charge in [-0.25, -0.2) is 14.6 Å². The van der Waals surface area contributed by atoms with Gasteiger partial charge in [-0.05, 0) is 63.6 Å². The first kappa shape index (κ1) is 31.3. The van der Waals surface area contributed by atoms with Crippen LogP contribution in [0.5, 0.6) is 5.75 Å². The van der Waals surface area contributed by atoms with Gasteiger partial charge in [0, 0.05) is 16.5 Å². The number of carbonyl (C=O) groups is 3. The predicted molar refractivity (Wildman–Crippen MR) is 153 cm³/mol. The molecule has 2 N–H and O–H groups in total. The van der Waals surface area contributed by atoms with E-state index >= 15 is 0 Å². The van der Waals surface area contributed by atoms with E-state index in [0.717, 1.165) is 23.1 Å². The van der Waals surface area contributed by atoms with E-state index in [1.165, 1.54) is 0 Å². The number of fused-ring (bicyclic) bond motifs is 5. The van der Waals surface area contributed by atoms with Crippen LogP contribution in [-0.4, -0.2) is 40.3 Å². The average molecular weight is 568 g/mol. The molecule has 2 aliphatic heterocycles. The molecule has 1 aromatic carbocycles. The number of hydrogen-bond donors (Lipinski definition) is 1. The zero-order valence-electron chi connectivity index (χ0n) is 24.5. The Kier molecular flexibility index (Phi) is 9.88. The number of esters is 1. The summed E-state index contributed by atoms with van der Waals surface area (Å²) in [6.45, 7) is 14.2. The van der Waals surface area contributed by atoms with E-state index in [1.807, 2.05) is 27.7 Å². The number of benzene rings is 1. The van der Waals surface area contributed by atoms with E-state index in [1.54, 1.807) is 49.6 Å². The Morgan fingerprint density at radius 3 is 2.46 bits per heavy atom. The van der Waals surface area contributed by atoms with Crippen molar-refractivity contribution < 1.29 is 33.3 Å². The summed E-state index contributed by atoms with van der Waals surface area (Å²) in [6.07, 6.45) is -1.46. The van der Waals surface area contributed by atoms with E-state index in [0.29, 0.717) is 34.6 Å². The fourth-order valence-electron chi connectivity index (χ4n) is 4.69. The highest BCUT2D eigenvalue weighted by Crippen LogP contribution is 2.39. The van der Waals surface area contributed by atoms with E-state index < -0.39 is 23.8 Å². The fourth-order valence-corrected chi connectivity index (χ4v) is 4.69. The second-order valence-corrected chi connectivity index (χ2v) is 10.00. The number of carbonyl (C=O) groups excluding carboxylic acids is 3. The fraction of sp³-hybridized carbons (Fsp3) is 0.433. The second-order valence-electron chi connectivity index (χ2n) is 10.00. The smallest absolute Gasteiger partial charge is 0.458 e. The number of aryl methyl sites for hydroxylation is 1. The molecular weight excluding hydrogens is 530 g/mol. The number of aromatic nitrogens is 2. The molecule has 1 atom stereocenters. The molecule has 41 heavy (non-hydrogen) atoms. The van der Waals surface area contributed by atoms with E-state index in [4.69, 9.17) is 29.7 Å². The van der Waals surface area contributed by atoms with Crippen LogP contribution in [0.4, 0.5) is 4.79 Å². The molecule has 1 unspecified atom stereocenters. The summed E-state index contributed by atoms with van der Waals surface area (Å²) in [5.41, 5.74) is 8.04. The van der Waals surface area contributed by atoms with Crippen LogP contribution in [0.15, 0.2) is 29.1 Å². The maximum atomic E-state index is 13.3. The van der Waals surface area contributed by atoms with Gasteiger partial charge in [-0.2, -0.15) is 0 Å². The minimum Gasteiger partial charge on any atom is -0.458 e. The van der Waals surface area contributed by atoms with Gasteiger partial charge in [0.25, 0.3) is 12.0 Å². The molecule has 4 heterocycles. The Morgan fingerprint density at radius 2 is 1.85 bits per heavy atom. The summed E-state index contributed by atoms with van der Waals surface area (Å²) in [5, 5.41) is 0.795. The minimum absolute atomic E-state index is 0.164. The Labute approximate surface area is 238 Å². The molecule has 0 radical (unpaired) electrons. The van der Waals surface area contributed by atoms with Crippen molar-refractivity contribution in [3.63, 3.8) is 0 Å².